The first-order chi connectivity index (χ1) is 9.60. The van der Waals surface area contributed by atoms with Gasteiger partial charge in [-0.05, 0) is 43.7 Å². The fraction of sp³-hybridized carbons (Fsp3) is 0.429. The molecule has 1 heterocycles. The van der Waals surface area contributed by atoms with Gasteiger partial charge in [-0.1, -0.05) is 11.6 Å². The number of nitrogens with one attached hydrogen (secondary N) is 1. The molecule has 1 unspecified atom stereocenters. The summed E-state index contributed by atoms with van der Waals surface area (Å²) in [5.41, 5.74) is 0.688. The van der Waals surface area contributed by atoms with E-state index in [9.17, 15) is 9.59 Å². The number of halogens is 1. The molecule has 0 aliphatic carbocycles. The number of hydrogen-bond donors (Lipinski definition) is 1. The number of carbonyl (C=O) groups is 2. The van der Waals surface area contributed by atoms with E-state index in [1.807, 2.05) is 4.90 Å². The van der Waals surface area contributed by atoms with Crippen LogP contribution in [-0.2, 0) is 14.3 Å². The number of benzene rings is 1. The second-order valence-electron chi connectivity index (χ2n) is 4.71. The van der Waals surface area contributed by atoms with Crippen molar-refractivity contribution in [2.45, 2.75) is 18.9 Å². The van der Waals surface area contributed by atoms with Crippen LogP contribution < -0.4 is 5.32 Å². The molecule has 108 valence electrons. The maximum atomic E-state index is 12.0. The van der Waals surface area contributed by atoms with Crippen LogP contribution in [0.1, 0.15) is 12.8 Å². The summed E-state index contributed by atoms with van der Waals surface area (Å²) in [5.74, 6) is -0.426. The van der Waals surface area contributed by atoms with E-state index in [0.29, 0.717) is 10.7 Å². The SMILES string of the molecule is COC(=O)C1CCCN1CC(=O)Nc1ccc(Cl)cc1. The van der Waals surface area contributed by atoms with Gasteiger partial charge < -0.3 is 10.1 Å². The van der Waals surface area contributed by atoms with Crippen LogP contribution in [0.5, 0.6) is 0 Å². The zero-order valence-corrected chi connectivity index (χ0v) is 12.0. The molecule has 1 fully saturated rings. The van der Waals surface area contributed by atoms with Crippen molar-refractivity contribution in [3.05, 3.63) is 29.3 Å². The van der Waals surface area contributed by atoms with Gasteiger partial charge in [0.2, 0.25) is 5.91 Å². The van der Waals surface area contributed by atoms with Gasteiger partial charge in [0.1, 0.15) is 6.04 Å². The van der Waals surface area contributed by atoms with E-state index in [2.05, 4.69) is 5.32 Å². The van der Waals surface area contributed by atoms with Crippen LogP contribution in [0, 0.1) is 0 Å². The van der Waals surface area contributed by atoms with Crippen molar-refractivity contribution in [3.63, 3.8) is 0 Å². The van der Waals surface area contributed by atoms with E-state index >= 15 is 0 Å². The van der Waals surface area contributed by atoms with Crippen LogP contribution in [0.3, 0.4) is 0 Å². The van der Waals surface area contributed by atoms with Gasteiger partial charge in [0.25, 0.3) is 0 Å². The third-order valence-electron chi connectivity index (χ3n) is 3.31. The summed E-state index contributed by atoms with van der Waals surface area (Å²) in [5, 5.41) is 3.40. The molecule has 1 saturated heterocycles. The Morgan fingerprint density at radius 3 is 2.75 bits per heavy atom. The van der Waals surface area contributed by atoms with Crippen molar-refractivity contribution < 1.29 is 14.3 Å². The summed E-state index contributed by atoms with van der Waals surface area (Å²) in [4.78, 5) is 25.4. The molecule has 2 rings (SSSR count). The maximum absolute atomic E-state index is 12.0. The fourth-order valence-corrected chi connectivity index (χ4v) is 2.46. The van der Waals surface area contributed by atoms with Crippen LogP contribution in [0.2, 0.25) is 5.02 Å². The second kappa shape index (κ2) is 6.72. The smallest absolute Gasteiger partial charge is 0.323 e. The number of esters is 1. The highest BCUT2D eigenvalue weighted by Crippen LogP contribution is 2.18. The van der Waals surface area contributed by atoms with Gasteiger partial charge in [0, 0.05) is 10.7 Å². The normalized spacial score (nSPS) is 18.8. The highest BCUT2D eigenvalue weighted by Gasteiger charge is 2.32. The Hall–Kier alpha value is -1.59. The van der Waals surface area contributed by atoms with Crippen molar-refractivity contribution in [2.75, 3.05) is 25.5 Å². The van der Waals surface area contributed by atoms with Crippen molar-refractivity contribution in [2.24, 2.45) is 0 Å². The monoisotopic (exact) mass is 296 g/mol. The van der Waals surface area contributed by atoms with Gasteiger partial charge >= 0.3 is 5.97 Å². The van der Waals surface area contributed by atoms with Gasteiger partial charge in [-0.2, -0.15) is 0 Å². The zero-order chi connectivity index (χ0) is 14.5. The second-order valence-corrected chi connectivity index (χ2v) is 5.14. The molecule has 1 aliphatic rings. The number of hydrogen-bond acceptors (Lipinski definition) is 4. The summed E-state index contributed by atoms with van der Waals surface area (Å²) < 4.78 is 4.75. The predicted octanol–water partition coefficient (Wildman–Crippen LogP) is 1.92. The average molecular weight is 297 g/mol. The third kappa shape index (κ3) is 3.71. The molecular formula is C14H17ClN2O3. The van der Waals surface area contributed by atoms with E-state index in [1.54, 1.807) is 24.3 Å². The first-order valence-corrected chi connectivity index (χ1v) is 6.85. The summed E-state index contributed by atoms with van der Waals surface area (Å²) in [6.45, 7) is 0.913. The number of methoxy groups -OCH3 is 1. The predicted molar refractivity (Wildman–Crippen MR) is 76.7 cm³/mol. The Bertz CT molecular complexity index is 490. The lowest BCUT2D eigenvalue weighted by atomic mass is 10.2. The van der Waals surface area contributed by atoms with Crippen LogP contribution in [-0.4, -0.2) is 43.0 Å². The first kappa shape index (κ1) is 14.8. The zero-order valence-electron chi connectivity index (χ0n) is 11.3. The Morgan fingerprint density at radius 1 is 1.40 bits per heavy atom. The minimum absolute atomic E-state index is 0.150. The third-order valence-corrected chi connectivity index (χ3v) is 3.56. The lowest BCUT2D eigenvalue weighted by Gasteiger charge is -2.21. The van der Waals surface area contributed by atoms with Crippen molar-refractivity contribution >= 4 is 29.2 Å². The number of likely N-dealkylation sites (tertiary alicyclic amines) is 1. The molecule has 6 heteroatoms. The highest BCUT2D eigenvalue weighted by atomic mass is 35.5. The van der Waals surface area contributed by atoms with Gasteiger partial charge in [0.15, 0.2) is 0 Å². The molecular weight excluding hydrogens is 280 g/mol. The van der Waals surface area contributed by atoms with Crippen molar-refractivity contribution in [3.8, 4) is 0 Å². The number of carbonyl (C=O) groups excluding carboxylic acids is 2. The quantitative estimate of drug-likeness (QED) is 0.863. The molecule has 0 aromatic heterocycles. The van der Waals surface area contributed by atoms with Gasteiger partial charge in [-0.15, -0.1) is 0 Å². The Balaban J connectivity index is 1.90. The van der Waals surface area contributed by atoms with Crippen molar-refractivity contribution in [1.82, 2.24) is 4.90 Å². The van der Waals surface area contributed by atoms with E-state index < -0.39 is 0 Å². The number of nitrogens with zero attached hydrogens (tertiary/aromatic N) is 1. The summed E-state index contributed by atoms with van der Waals surface area (Å²) >= 11 is 5.78. The van der Waals surface area contributed by atoms with E-state index in [1.165, 1.54) is 7.11 Å². The molecule has 1 aliphatic heterocycles. The summed E-state index contributed by atoms with van der Waals surface area (Å²) in [6, 6.07) is 6.59. The van der Waals surface area contributed by atoms with Crippen LogP contribution in [0.15, 0.2) is 24.3 Å². The van der Waals surface area contributed by atoms with Crippen LogP contribution in [0.25, 0.3) is 0 Å². The molecule has 0 bridgehead atoms. The number of amides is 1. The topological polar surface area (TPSA) is 58.6 Å². The summed E-state index contributed by atoms with van der Waals surface area (Å²) in [7, 11) is 1.37. The Morgan fingerprint density at radius 2 is 2.10 bits per heavy atom. The first-order valence-electron chi connectivity index (χ1n) is 6.47. The van der Waals surface area contributed by atoms with E-state index in [0.717, 1.165) is 19.4 Å². The van der Waals surface area contributed by atoms with Gasteiger partial charge in [-0.3, -0.25) is 14.5 Å². The maximum Gasteiger partial charge on any atom is 0.323 e. The molecule has 1 atom stereocenters. The molecule has 0 saturated carbocycles. The number of rotatable bonds is 4. The highest BCUT2D eigenvalue weighted by molar-refractivity contribution is 6.30. The summed E-state index contributed by atoms with van der Waals surface area (Å²) in [6.07, 6.45) is 1.63. The average Bonchev–Trinajstić information content (AvgIpc) is 2.88. The van der Waals surface area contributed by atoms with Crippen LogP contribution >= 0.6 is 11.6 Å². The number of ether oxygens (including phenoxy) is 1. The number of anilines is 1. The molecule has 0 radical (unpaired) electrons. The lowest BCUT2D eigenvalue weighted by Crippen LogP contribution is -2.41. The minimum Gasteiger partial charge on any atom is -0.468 e. The van der Waals surface area contributed by atoms with Gasteiger partial charge in [0.05, 0.1) is 13.7 Å². The van der Waals surface area contributed by atoms with E-state index in [4.69, 9.17) is 16.3 Å². The Kier molecular flexibility index (Phi) is 4.98. The van der Waals surface area contributed by atoms with Crippen molar-refractivity contribution in [1.29, 1.82) is 0 Å². The lowest BCUT2D eigenvalue weighted by molar-refractivity contribution is -0.146. The molecule has 5 nitrogen and oxygen atoms in total. The molecule has 1 aromatic carbocycles. The fourth-order valence-electron chi connectivity index (χ4n) is 2.34. The minimum atomic E-state index is -0.309. The molecule has 1 aromatic rings. The van der Waals surface area contributed by atoms with Crippen LogP contribution in [0.4, 0.5) is 5.69 Å². The molecule has 20 heavy (non-hydrogen) atoms. The van der Waals surface area contributed by atoms with E-state index in [-0.39, 0.29) is 24.5 Å². The standard InChI is InChI=1S/C14H17ClN2O3/c1-20-14(19)12-3-2-8-17(12)9-13(18)16-11-6-4-10(15)5-7-11/h4-7,12H,2-3,8-9H2,1H3,(H,16,18). The molecule has 0 spiro atoms. The molecule has 1 amide bonds. The Labute approximate surface area is 122 Å². The largest absolute Gasteiger partial charge is 0.468 e. The molecule has 1 N–H and O–H groups in total. The van der Waals surface area contributed by atoms with Gasteiger partial charge in [-0.25, -0.2) is 0 Å².